The van der Waals surface area contributed by atoms with Crippen LogP contribution >= 0.6 is 0 Å². The van der Waals surface area contributed by atoms with Gasteiger partial charge in [-0.3, -0.25) is 4.98 Å². The van der Waals surface area contributed by atoms with Gasteiger partial charge in [0.15, 0.2) is 17.2 Å². The van der Waals surface area contributed by atoms with Gasteiger partial charge in [-0.05, 0) is 50.5 Å². The lowest BCUT2D eigenvalue weighted by Crippen LogP contribution is -2.25. The zero-order valence-corrected chi connectivity index (χ0v) is 22.3. The number of aromatic carboxylic acids is 1. The highest BCUT2D eigenvalue weighted by molar-refractivity contribution is 5.90. The maximum atomic E-state index is 14.1. The van der Waals surface area contributed by atoms with Crippen LogP contribution in [0.1, 0.15) is 65.0 Å². The summed E-state index contributed by atoms with van der Waals surface area (Å²) >= 11 is 0. The smallest absolute Gasteiger partial charge is 0.484 e. The molecule has 4 aromatic rings. The number of hydrogen-bond donors (Lipinski definition) is 1. The molecular weight excluding hydrogens is 581 g/mol. The molecule has 0 saturated carbocycles. The summed E-state index contributed by atoms with van der Waals surface area (Å²) in [7, 11) is 0. The number of aromatic nitrogens is 3. The molecule has 43 heavy (non-hydrogen) atoms. The zero-order chi connectivity index (χ0) is 30.5. The predicted molar refractivity (Wildman–Crippen MR) is 138 cm³/mol. The fraction of sp³-hybridized carbons (Fsp3) is 0.276. The number of rotatable bonds is 7. The Morgan fingerprint density at radius 3 is 2.65 bits per heavy atom. The molecule has 1 aliphatic heterocycles. The van der Waals surface area contributed by atoms with Gasteiger partial charge in [0.2, 0.25) is 0 Å². The van der Waals surface area contributed by atoms with Gasteiger partial charge < -0.3 is 24.1 Å². The van der Waals surface area contributed by atoms with Crippen LogP contribution in [0.4, 0.5) is 22.0 Å². The second-order valence-corrected chi connectivity index (χ2v) is 9.90. The second-order valence-electron chi connectivity index (χ2n) is 9.90. The fourth-order valence-corrected chi connectivity index (χ4v) is 5.13. The van der Waals surface area contributed by atoms with Crippen molar-refractivity contribution in [3.05, 3.63) is 89.0 Å². The summed E-state index contributed by atoms with van der Waals surface area (Å²) in [6.07, 6.45) is -8.38. The summed E-state index contributed by atoms with van der Waals surface area (Å²) < 4.78 is 91.1. The van der Waals surface area contributed by atoms with Gasteiger partial charge >= 0.3 is 18.4 Å². The Hall–Kier alpha value is -4.88. The van der Waals surface area contributed by atoms with E-state index in [1.54, 1.807) is 31.2 Å². The van der Waals surface area contributed by atoms with Crippen molar-refractivity contribution in [1.82, 2.24) is 14.8 Å². The van der Waals surface area contributed by atoms with E-state index in [-0.39, 0.29) is 57.6 Å². The van der Waals surface area contributed by atoms with Gasteiger partial charge in [0, 0.05) is 17.7 Å². The molecule has 2 aliphatic rings. The lowest BCUT2D eigenvalue weighted by molar-refractivity contribution is -0.286. The summed E-state index contributed by atoms with van der Waals surface area (Å²) in [5.41, 5.74) is -0.575. The van der Waals surface area contributed by atoms with Crippen molar-refractivity contribution in [2.45, 2.75) is 50.9 Å². The summed E-state index contributed by atoms with van der Waals surface area (Å²) in [6, 6.07) is 13.3. The van der Waals surface area contributed by atoms with E-state index in [9.17, 15) is 31.9 Å². The molecule has 0 fully saturated rings. The minimum atomic E-state index is -4.75. The maximum Gasteiger partial charge on any atom is 0.586 e. The number of fused-ring (bicyclic) bond motifs is 2. The predicted octanol–water partition coefficient (Wildman–Crippen LogP) is 6.90. The van der Waals surface area contributed by atoms with Crippen molar-refractivity contribution in [2.24, 2.45) is 0 Å². The number of nitrogens with zero attached hydrogens (tertiary/aromatic N) is 3. The Morgan fingerprint density at radius 2 is 1.88 bits per heavy atom. The first-order valence-electron chi connectivity index (χ1n) is 13.1. The molecule has 1 N–H and O–H groups in total. The molecule has 0 saturated heterocycles. The molecular formula is C29H22F5N3O6. The van der Waals surface area contributed by atoms with E-state index in [1.165, 1.54) is 30.3 Å². The molecule has 1 aliphatic carbocycles. The first kappa shape index (κ1) is 28.2. The molecule has 0 amide bonds. The molecule has 0 spiro atoms. The van der Waals surface area contributed by atoms with Crippen LogP contribution < -0.4 is 18.9 Å². The molecule has 9 nitrogen and oxygen atoms in total. The number of carbonyl (C=O) groups is 1. The third kappa shape index (κ3) is 5.51. The number of alkyl halides is 5. The van der Waals surface area contributed by atoms with Gasteiger partial charge in [-0.15, -0.1) is 8.78 Å². The lowest BCUT2D eigenvalue weighted by Gasteiger charge is -2.26. The van der Waals surface area contributed by atoms with Crippen molar-refractivity contribution in [3.63, 3.8) is 0 Å². The Kier molecular flexibility index (Phi) is 6.86. The number of carboxylic acid groups (broad SMARTS) is 1. The van der Waals surface area contributed by atoms with E-state index >= 15 is 0 Å². The van der Waals surface area contributed by atoms with Gasteiger partial charge in [0.1, 0.15) is 29.3 Å². The lowest BCUT2D eigenvalue weighted by atomic mass is 9.92. The van der Waals surface area contributed by atoms with Crippen molar-refractivity contribution in [1.29, 1.82) is 0 Å². The standard InChI is InChI=1S/C29H22F5N3O6/c1-15(20-13-23-24(14-35-20)43-29(33,34)42-23)40-17-7-4-6-16(12-17)37-25-19(26(36-37)28(30,31)32)9-5-11-22(25)41-21-10-3-2-8-18(21)27(38)39/h2-4,6-8,10,12-15,22H,5,9,11H2,1H3,(H,38,39)/t15-,22?/m1/s1. The highest BCUT2D eigenvalue weighted by Crippen LogP contribution is 2.43. The summed E-state index contributed by atoms with van der Waals surface area (Å²) in [5, 5.41) is 13.5. The minimum Gasteiger partial charge on any atom is -0.484 e. The third-order valence-electron chi connectivity index (χ3n) is 6.98. The van der Waals surface area contributed by atoms with E-state index in [0.717, 1.165) is 10.9 Å². The SMILES string of the molecule is C[C@@H](Oc1cccc(-n2nc(C(F)(F)F)c3c2C(Oc2ccccc2C(=O)O)CCC3)c1)c1cc2c(cn1)OC(F)(F)O2. The van der Waals surface area contributed by atoms with Gasteiger partial charge in [-0.1, -0.05) is 18.2 Å². The molecule has 2 aromatic heterocycles. The van der Waals surface area contributed by atoms with Crippen LogP contribution in [0.5, 0.6) is 23.0 Å². The van der Waals surface area contributed by atoms with Crippen LogP contribution in [0, 0.1) is 0 Å². The van der Waals surface area contributed by atoms with E-state index in [4.69, 9.17) is 9.47 Å². The fourth-order valence-electron chi connectivity index (χ4n) is 5.13. The van der Waals surface area contributed by atoms with Gasteiger partial charge in [0.05, 0.1) is 23.3 Å². The van der Waals surface area contributed by atoms with Crippen LogP contribution in [0.15, 0.2) is 60.8 Å². The van der Waals surface area contributed by atoms with Gasteiger partial charge in [-0.2, -0.15) is 18.3 Å². The van der Waals surface area contributed by atoms with Crippen LogP contribution in [-0.2, 0) is 12.6 Å². The molecule has 0 radical (unpaired) electrons. The van der Waals surface area contributed by atoms with E-state index < -0.39 is 36.3 Å². The molecule has 0 bridgehead atoms. The Labute approximate surface area is 240 Å². The molecule has 1 unspecified atom stereocenters. The first-order chi connectivity index (χ1) is 20.4. The Balaban J connectivity index is 1.34. The summed E-state index contributed by atoms with van der Waals surface area (Å²) in [6.45, 7) is 1.61. The first-order valence-corrected chi connectivity index (χ1v) is 13.1. The average molecular weight is 604 g/mol. The minimum absolute atomic E-state index is 0.0223. The Morgan fingerprint density at radius 1 is 1.12 bits per heavy atom. The number of carboxylic acids is 1. The number of hydrogen-bond acceptors (Lipinski definition) is 7. The van der Waals surface area contributed by atoms with Crippen LogP contribution in [-0.4, -0.2) is 32.1 Å². The largest absolute Gasteiger partial charge is 0.586 e. The molecule has 2 aromatic carbocycles. The van der Waals surface area contributed by atoms with E-state index in [0.29, 0.717) is 12.8 Å². The van der Waals surface area contributed by atoms with E-state index in [2.05, 4.69) is 19.6 Å². The van der Waals surface area contributed by atoms with Crippen molar-refractivity contribution >= 4 is 5.97 Å². The topological polar surface area (TPSA) is 105 Å². The van der Waals surface area contributed by atoms with Crippen LogP contribution in [0.2, 0.25) is 0 Å². The van der Waals surface area contributed by atoms with Crippen molar-refractivity contribution in [2.75, 3.05) is 0 Å². The monoisotopic (exact) mass is 603 g/mol. The number of pyridine rings is 1. The van der Waals surface area contributed by atoms with Gasteiger partial charge in [0.25, 0.3) is 0 Å². The quantitative estimate of drug-likeness (QED) is 0.228. The molecule has 2 atom stereocenters. The summed E-state index contributed by atoms with van der Waals surface area (Å²) in [4.78, 5) is 15.8. The molecule has 14 heteroatoms. The number of para-hydroxylation sites is 1. The number of benzene rings is 2. The number of halogens is 5. The van der Waals surface area contributed by atoms with Crippen molar-refractivity contribution < 1.29 is 50.8 Å². The average Bonchev–Trinajstić information content (AvgIpc) is 3.50. The highest BCUT2D eigenvalue weighted by atomic mass is 19.4. The number of ether oxygens (including phenoxy) is 4. The van der Waals surface area contributed by atoms with Crippen molar-refractivity contribution in [3.8, 4) is 28.7 Å². The Bertz CT molecular complexity index is 1710. The van der Waals surface area contributed by atoms with Crippen LogP contribution in [0.3, 0.4) is 0 Å². The normalized spacial score (nSPS) is 17.7. The van der Waals surface area contributed by atoms with Crippen LogP contribution in [0.25, 0.3) is 5.69 Å². The molecule has 6 rings (SSSR count). The van der Waals surface area contributed by atoms with E-state index in [1.807, 2.05) is 0 Å². The summed E-state index contributed by atoms with van der Waals surface area (Å²) in [5.74, 6) is -1.42. The van der Waals surface area contributed by atoms with Gasteiger partial charge in [-0.25, -0.2) is 9.48 Å². The maximum absolute atomic E-state index is 14.1. The second kappa shape index (κ2) is 10.4. The molecule has 3 heterocycles. The zero-order valence-electron chi connectivity index (χ0n) is 22.3. The third-order valence-corrected chi connectivity index (χ3v) is 6.98. The molecule has 224 valence electrons. The highest BCUT2D eigenvalue weighted by Gasteiger charge is 2.44.